The van der Waals surface area contributed by atoms with Gasteiger partial charge in [0.25, 0.3) is 0 Å². The maximum absolute atomic E-state index is 13.6. The number of hydrogen-bond acceptors (Lipinski definition) is 3. The van der Waals surface area contributed by atoms with Crippen LogP contribution in [-0.4, -0.2) is 18.7 Å². The minimum absolute atomic E-state index is 0.121. The maximum atomic E-state index is 13.6. The van der Waals surface area contributed by atoms with E-state index in [-0.39, 0.29) is 18.5 Å². The third-order valence-electron chi connectivity index (χ3n) is 2.18. The second kappa shape index (κ2) is 5.95. The number of rotatable bonds is 5. The summed E-state index contributed by atoms with van der Waals surface area (Å²) in [6.07, 6.45) is -0.212. The monoisotopic (exact) mass is 276 g/mol. The molecule has 0 aliphatic heterocycles. The van der Waals surface area contributed by atoms with Gasteiger partial charge in [0.2, 0.25) is 0 Å². The van der Waals surface area contributed by atoms with Crippen molar-refractivity contribution in [2.24, 2.45) is 0 Å². The van der Waals surface area contributed by atoms with E-state index >= 15 is 0 Å². The van der Waals surface area contributed by atoms with Gasteiger partial charge >= 0.3 is 11.9 Å². The van der Waals surface area contributed by atoms with E-state index in [1.165, 1.54) is 13.0 Å². The molecule has 0 aliphatic carbocycles. The maximum Gasteiger partial charge on any atom is 0.382 e. The average Bonchev–Trinajstić information content (AvgIpc) is 2.28. The number of carbonyl (C=O) groups is 1. The molecular weight excluding hydrogens is 261 g/mol. The Hall–Kier alpha value is -1.72. The summed E-state index contributed by atoms with van der Waals surface area (Å²) in [5.74, 6) is -6.88. The molecule has 1 aromatic carbocycles. The molecule has 0 radical (unpaired) electrons. The first-order valence-corrected chi connectivity index (χ1v) is 5.80. The van der Waals surface area contributed by atoms with Crippen molar-refractivity contribution in [1.82, 2.24) is 0 Å². The minimum atomic E-state index is -4.02. The summed E-state index contributed by atoms with van der Waals surface area (Å²) in [7, 11) is 0. The Morgan fingerprint density at radius 3 is 2.47 bits per heavy atom. The van der Waals surface area contributed by atoms with Crippen molar-refractivity contribution in [3.63, 3.8) is 0 Å². The van der Waals surface area contributed by atoms with E-state index < -0.39 is 23.3 Å². The topological polar surface area (TPSA) is 35.5 Å². The van der Waals surface area contributed by atoms with Gasteiger partial charge in [-0.3, -0.25) is 0 Å². The van der Waals surface area contributed by atoms with Crippen molar-refractivity contribution in [2.45, 2.75) is 32.8 Å². The van der Waals surface area contributed by atoms with Crippen LogP contribution in [-0.2, 0) is 15.5 Å². The predicted octanol–water partition coefficient (Wildman–Crippen LogP) is 3.27. The highest BCUT2D eigenvalue weighted by atomic mass is 19.3. The van der Waals surface area contributed by atoms with E-state index in [4.69, 9.17) is 4.74 Å². The molecule has 1 rings (SSSR count). The van der Waals surface area contributed by atoms with Crippen LogP contribution in [0.25, 0.3) is 0 Å². The summed E-state index contributed by atoms with van der Waals surface area (Å²) >= 11 is 0. The molecule has 0 aliphatic rings. The first kappa shape index (κ1) is 15.3. The molecular formula is C13H15F3O3. The summed E-state index contributed by atoms with van der Waals surface area (Å²) in [6.45, 7) is 4.63. The number of ether oxygens (including phenoxy) is 2. The van der Waals surface area contributed by atoms with Gasteiger partial charge in [-0.25, -0.2) is 9.18 Å². The Morgan fingerprint density at radius 2 is 2.00 bits per heavy atom. The molecule has 3 nitrogen and oxygen atoms in total. The molecule has 0 aromatic heterocycles. The fourth-order valence-electron chi connectivity index (χ4n) is 1.43. The third-order valence-corrected chi connectivity index (χ3v) is 2.18. The van der Waals surface area contributed by atoms with Gasteiger partial charge in [0, 0.05) is 6.07 Å². The highest BCUT2D eigenvalue weighted by Crippen LogP contribution is 2.33. The number of halogens is 3. The van der Waals surface area contributed by atoms with Gasteiger partial charge < -0.3 is 9.47 Å². The van der Waals surface area contributed by atoms with Crippen LogP contribution in [0, 0.1) is 5.82 Å². The van der Waals surface area contributed by atoms with Crippen molar-refractivity contribution >= 4 is 5.97 Å². The molecule has 6 heteroatoms. The second-order valence-corrected chi connectivity index (χ2v) is 4.10. The van der Waals surface area contributed by atoms with E-state index in [0.717, 1.165) is 12.1 Å². The largest absolute Gasteiger partial charge is 0.491 e. The number of carbonyl (C=O) groups excluding carboxylic acids is 1. The molecule has 0 unspecified atom stereocenters. The zero-order chi connectivity index (χ0) is 14.6. The van der Waals surface area contributed by atoms with Crippen LogP contribution in [0.15, 0.2) is 18.2 Å². The molecule has 0 heterocycles. The zero-order valence-corrected chi connectivity index (χ0v) is 10.9. The average molecular weight is 276 g/mol. The Morgan fingerprint density at radius 1 is 1.37 bits per heavy atom. The lowest BCUT2D eigenvalue weighted by Gasteiger charge is -2.17. The van der Waals surface area contributed by atoms with Crippen LogP contribution in [0.3, 0.4) is 0 Å². The van der Waals surface area contributed by atoms with Crippen LogP contribution in [0.5, 0.6) is 5.75 Å². The number of hydrogen-bond donors (Lipinski definition) is 0. The fraction of sp³-hybridized carbons (Fsp3) is 0.462. The third kappa shape index (κ3) is 3.62. The highest BCUT2D eigenvalue weighted by Gasteiger charge is 2.44. The number of alkyl halides is 2. The van der Waals surface area contributed by atoms with Crippen LogP contribution >= 0.6 is 0 Å². The fourth-order valence-corrected chi connectivity index (χ4v) is 1.43. The zero-order valence-electron chi connectivity index (χ0n) is 10.9. The highest BCUT2D eigenvalue weighted by molar-refractivity contribution is 5.79. The lowest BCUT2D eigenvalue weighted by molar-refractivity contribution is -0.173. The van der Waals surface area contributed by atoms with Crippen molar-refractivity contribution in [2.75, 3.05) is 6.61 Å². The van der Waals surface area contributed by atoms with Crippen LogP contribution in [0.1, 0.15) is 26.3 Å². The molecule has 0 amide bonds. The number of esters is 1. The Kier molecular flexibility index (Phi) is 4.80. The lowest BCUT2D eigenvalue weighted by atomic mass is 10.1. The number of benzene rings is 1. The Labute approximate surface area is 109 Å². The van der Waals surface area contributed by atoms with Gasteiger partial charge in [-0.1, -0.05) is 0 Å². The second-order valence-electron chi connectivity index (χ2n) is 4.10. The van der Waals surface area contributed by atoms with Gasteiger partial charge in [0.15, 0.2) is 0 Å². The molecule has 0 bridgehead atoms. The van der Waals surface area contributed by atoms with Crippen molar-refractivity contribution in [3.05, 3.63) is 29.6 Å². The summed E-state index contributed by atoms with van der Waals surface area (Å²) in [6, 6.07) is 2.83. The summed E-state index contributed by atoms with van der Waals surface area (Å²) in [4.78, 5) is 11.1. The first-order chi connectivity index (χ1) is 8.78. The van der Waals surface area contributed by atoms with Crippen molar-refractivity contribution in [1.29, 1.82) is 0 Å². The molecule has 0 atom stereocenters. The van der Waals surface area contributed by atoms with Gasteiger partial charge in [0.1, 0.15) is 11.6 Å². The molecule has 0 saturated heterocycles. The van der Waals surface area contributed by atoms with Crippen molar-refractivity contribution in [3.8, 4) is 5.75 Å². The smallest absolute Gasteiger partial charge is 0.382 e. The van der Waals surface area contributed by atoms with E-state index in [2.05, 4.69) is 4.74 Å². The van der Waals surface area contributed by atoms with Crippen LogP contribution in [0.2, 0.25) is 0 Å². The molecule has 19 heavy (non-hydrogen) atoms. The Balaban J connectivity index is 3.04. The summed E-state index contributed by atoms with van der Waals surface area (Å²) < 4.78 is 50.3. The minimum Gasteiger partial charge on any atom is -0.491 e. The molecule has 0 N–H and O–H groups in total. The van der Waals surface area contributed by atoms with E-state index in [1.54, 1.807) is 13.8 Å². The molecule has 1 aromatic rings. The normalized spacial score (nSPS) is 11.5. The first-order valence-electron chi connectivity index (χ1n) is 5.80. The lowest BCUT2D eigenvalue weighted by Crippen LogP contribution is -2.29. The SMILES string of the molecule is CCOC(=O)C(F)(F)c1ccc(OC(C)C)cc1F. The van der Waals surface area contributed by atoms with Crippen molar-refractivity contribution < 1.29 is 27.4 Å². The van der Waals surface area contributed by atoms with Gasteiger partial charge in [0.05, 0.1) is 18.3 Å². The van der Waals surface area contributed by atoms with Gasteiger partial charge in [-0.15, -0.1) is 0 Å². The summed E-state index contributed by atoms with van der Waals surface area (Å²) in [5.41, 5.74) is -1.03. The van der Waals surface area contributed by atoms with Crippen LogP contribution < -0.4 is 4.74 Å². The van der Waals surface area contributed by atoms with Crippen LogP contribution in [0.4, 0.5) is 13.2 Å². The van der Waals surface area contributed by atoms with E-state index in [9.17, 15) is 18.0 Å². The standard InChI is InChI=1S/C13H15F3O3/c1-4-18-12(17)13(15,16)10-6-5-9(7-11(10)14)19-8(2)3/h5-8H,4H2,1-3H3. The van der Waals surface area contributed by atoms with Gasteiger partial charge in [-0.2, -0.15) is 8.78 Å². The Bertz CT molecular complexity index is 458. The quantitative estimate of drug-likeness (QED) is 0.774. The molecule has 106 valence electrons. The molecule has 0 saturated carbocycles. The predicted molar refractivity (Wildman–Crippen MR) is 62.7 cm³/mol. The molecule has 0 fully saturated rings. The van der Waals surface area contributed by atoms with E-state index in [1.807, 2.05) is 0 Å². The van der Waals surface area contributed by atoms with E-state index in [0.29, 0.717) is 0 Å². The molecule has 0 spiro atoms. The van der Waals surface area contributed by atoms with Gasteiger partial charge in [-0.05, 0) is 32.9 Å². The summed E-state index contributed by atoms with van der Waals surface area (Å²) in [5, 5.41) is 0.